The SMILES string of the molecule is CCCCCCCCCCCCCCCC(=O)OC[C@H](COP(=O)(O)OCC[N+](C)(C)C)OC(=O)CCC=CC=CC=C(c1ccccc1)c1ccccc1. The summed E-state index contributed by atoms with van der Waals surface area (Å²) in [5.41, 5.74) is 3.32. The molecule has 0 aliphatic heterocycles. The Bertz CT molecular complexity index is 1410. The summed E-state index contributed by atoms with van der Waals surface area (Å²) in [5.74, 6) is -0.939. The molecule has 2 aromatic rings. The van der Waals surface area contributed by atoms with Gasteiger partial charge in [-0.15, -0.1) is 0 Å². The first kappa shape index (κ1) is 47.8. The molecule has 0 radical (unpaired) electrons. The average Bonchev–Trinajstić information content (AvgIpc) is 3.15. The van der Waals surface area contributed by atoms with E-state index in [1.54, 1.807) is 0 Å². The highest BCUT2D eigenvalue weighted by molar-refractivity contribution is 7.47. The van der Waals surface area contributed by atoms with Gasteiger partial charge in [-0.2, -0.15) is 0 Å². The van der Waals surface area contributed by atoms with Crippen LogP contribution >= 0.6 is 7.82 Å². The van der Waals surface area contributed by atoms with Gasteiger partial charge in [0, 0.05) is 12.8 Å². The van der Waals surface area contributed by atoms with E-state index in [2.05, 4.69) is 37.3 Å². The van der Waals surface area contributed by atoms with Crippen LogP contribution in [-0.2, 0) is 32.7 Å². The lowest BCUT2D eigenvalue weighted by atomic mass is 9.97. The first-order valence-corrected chi connectivity index (χ1v) is 21.9. The Morgan fingerprint density at radius 1 is 0.691 bits per heavy atom. The molecule has 2 atom stereocenters. The standard InChI is InChI=1S/C45H68NO8P/c1-5-6-7-8-9-10-11-12-13-14-15-18-27-34-44(47)51-38-42(39-53-55(49,50)52-37-36-46(2,3)4)54-45(48)35-28-19-16-17-26-33-43(40-29-22-20-23-30-40)41-31-24-21-25-32-41/h16-17,19-26,29-33,42H,5-15,18,27-28,34-39H2,1-4H3/p+1/t42-/m1/s1. The Balaban J connectivity index is 1.80. The summed E-state index contributed by atoms with van der Waals surface area (Å²) < 4.78 is 34.3. The summed E-state index contributed by atoms with van der Waals surface area (Å²) in [6.07, 6.45) is 25.1. The van der Waals surface area contributed by atoms with Crippen LogP contribution in [0.5, 0.6) is 0 Å². The van der Waals surface area contributed by atoms with E-state index < -0.39 is 32.5 Å². The Labute approximate surface area is 332 Å². The zero-order chi connectivity index (χ0) is 40.0. The fraction of sp³-hybridized carbons (Fsp3) is 0.556. The number of carbonyl (C=O) groups is 2. The van der Waals surface area contributed by atoms with E-state index in [0.29, 0.717) is 17.4 Å². The molecule has 1 unspecified atom stereocenters. The van der Waals surface area contributed by atoms with Crippen molar-refractivity contribution in [2.45, 2.75) is 116 Å². The van der Waals surface area contributed by atoms with Crippen molar-refractivity contribution in [3.8, 4) is 0 Å². The van der Waals surface area contributed by atoms with Crippen LogP contribution in [0.1, 0.15) is 121 Å². The predicted molar refractivity (Wildman–Crippen MR) is 223 cm³/mol. The molecular formula is C45H69NO8P+. The molecule has 2 aromatic carbocycles. The Morgan fingerprint density at radius 2 is 1.24 bits per heavy atom. The average molecular weight is 783 g/mol. The fourth-order valence-electron chi connectivity index (χ4n) is 5.74. The van der Waals surface area contributed by atoms with E-state index in [-0.39, 0.29) is 26.1 Å². The summed E-state index contributed by atoms with van der Waals surface area (Å²) in [4.78, 5) is 35.5. The summed E-state index contributed by atoms with van der Waals surface area (Å²) in [7, 11) is 1.39. The van der Waals surface area contributed by atoms with Gasteiger partial charge in [-0.1, -0.05) is 175 Å². The minimum Gasteiger partial charge on any atom is -0.462 e. The van der Waals surface area contributed by atoms with Crippen LogP contribution in [0.4, 0.5) is 0 Å². The smallest absolute Gasteiger partial charge is 0.462 e. The second-order valence-corrected chi connectivity index (χ2v) is 16.5. The van der Waals surface area contributed by atoms with Gasteiger partial charge in [0.15, 0.2) is 6.10 Å². The molecule has 0 bridgehead atoms. The number of rotatable bonds is 31. The maximum atomic E-state index is 12.8. The monoisotopic (exact) mass is 782 g/mol. The number of phosphoric ester groups is 1. The van der Waals surface area contributed by atoms with Crippen LogP contribution in [-0.4, -0.2) is 74.9 Å². The summed E-state index contributed by atoms with van der Waals surface area (Å²) in [5, 5.41) is 0. The Morgan fingerprint density at radius 3 is 1.78 bits per heavy atom. The van der Waals surface area contributed by atoms with E-state index in [1.807, 2.05) is 81.8 Å². The lowest BCUT2D eigenvalue weighted by Gasteiger charge is -2.24. The molecule has 0 saturated carbocycles. The maximum Gasteiger partial charge on any atom is 0.472 e. The molecule has 1 N–H and O–H groups in total. The zero-order valence-corrected chi connectivity index (χ0v) is 35.0. The van der Waals surface area contributed by atoms with Gasteiger partial charge < -0.3 is 18.9 Å². The molecule has 2 rings (SSSR count). The van der Waals surface area contributed by atoms with Gasteiger partial charge in [-0.05, 0) is 29.5 Å². The van der Waals surface area contributed by atoms with Crippen molar-refractivity contribution in [1.82, 2.24) is 0 Å². The molecule has 0 heterocycles. The summed E-state index contributed by atoms with van der Waals surface area (Å²) in [6, 6.07) is 20.3. The second kappa shape index (κ2) is 29.0. The highest BCUT2D eigenvalue weighted by atomic mass is 31.2. The van der Waals surface area contributed by atoms with E-state index in [9.17, 15) is 19.0 Å². The number of hydrogen-bond acceptors (Lipinski definition) is 7. The molecule has 9 nitrogen and oxygen atoms in total. The largest absolute Gasteiger partial charge is 0.472 e. The van der Waals surface area contributed by atoms with Crippen LogP contribution in [0.2, 0.25) is 0 Å². The highest BCUT2D eigenvalue weighted by Crippen LogP contribution is 2.43. The van der Waals surface area contributed by atoms with Crippen molar-refractivity contribution in [1.29, 1.82) is 0 Å². The van der Waals surface area contributed by atoms with E-state index in [1.165, 1.54) is 64.2 Å². The molecule has 0 fully saturated rings. The van der Waals surface area contributed by atoms with Crippen LogP contribution in [0.15, 0.2) is 91.0 Å². The summed E-state index contributed by atoms with van der Waals surface area (Å²) >= 11 is 0. The molecule has 10 heteroatoms. The molecule has 0 spiro atoms. The maximum absolute atomic E-state index is 12.8. The zero-order valence-electron chi connectivity index (χ0n) is 34.1. The molecule has 306 valence electrons. The van der Waals surface area contributed by atoms with Crippen molar-refractivity contribution in [3.63, 3.8) is 0 Å². The quantitative estimate of drug-likeness (QED) is 0.0265. The van der Waals surface area contributed by atoms with Gasteiger partial charge in [0.2, 0.25) is 0 Å². The summed E-state index contributed by atoms with van der Waals surface area (Å²) in [6.45, 7) is 2.01. The van der Waals surface area contributed by atoms with Gasteiger partial charge >= 0.3 is 19.8 Å². The van der Waals surface area contributed by atoms with Gasteiger partial charge in [0.25, 0.3) is 0 Å². The lowest BCUT2D eigenvalue weighted by Crippen LogP contribution is -2.37. The number of nitrogens with zero attached hydrogens (tertiary/aromatic N) is 1. The molecule has 0 saturated heterocycles. The van der Waals surface area contributed by atoms with Crippen LogP contribution < -0.4 is 0 Å². The number of benzene rings is 2. The number of unbranched alkanes of at least 4 members (excludes halogenated alkanes) is 12. The van der Waals surface area contributed by atoms with E-state index in [4.69, 9.17) is 18.5 Å². The van der Waals surface area contributed by atoms with Crippen molar-refractivity contribution < 1.29 is 42.1 Å². The number of likely N-dealkylation sites (N-methyl/N-ethyl adjacent to an activating group) is 1. The number of quaternary nitrogens is 1. The first-order valence-electron chi connectivity index (χ1n) is 20.4. The first-order chi connectivity index (χ1) is 26.5. The Hall–Kier alpha value is -3.33. The minimum atomic E-state index is -4.42. The van der Waals surface area contributed by atoms with E-state index in [0.717, 1.165) is 36.0 Å². The molecule has 0 amide bonds. The number of ether oxygens (including phenoxy) is 2. The van der Waals surface area contributed by atoms with Gasteiger partial charge in [-0.25, -0.2) is 4.57 Å². The predicted octanol–water partition coefficient (Wildman–Crippen LogP) is 10.8. The molecule has 0 aromatic heterocycles. The van der Waals surface area contributed by atoms with E-state index >= 15 is 0 Å². The van der Waals surface area contributed by atoms with Gasteiger partial charge in [0.1, 0.15) is 19.8 Å². The lowest BCUT2D eigenvalue weighted by molar-refractivity contribution is -0.870. The third kappa shape index (κ3) is 25.5. The van der Waals surface area contributed by atoms with Crippen molar-refractivity contribution in [3.05, 3.63) is 102 Å². The van der Waals surface area contributed by atoms with Crippen LogP contribution in [0, 0.1) is 0 Å². The van der Waals surface area contributed by atoms with Crippen LogP contribution in [0.25, 0.3) is 5.57 Å². The fourth-order valence-corrected chi connectivity index (χ4v) is 6.48. The number of allylic oxidation sites excluding steroid dienone is 5. The van der Waals surface area contributed by atoms with Gasteiger partial charge in [-0.3, -0.25) is 18.6 Å². The number of phosphoric acid groups is 1. The molecule has 0 aliphatic carbocycles. The van der Waals surface area contributed by atoms with Crippen molar-refractivity contribution >= 4 is 25.3 Å². The normalized spacial score (nSPS) is 13.5. The number of carbonyl (C=O) groups excluding carboxylic acids is 2. The minimum absolute atomic E-state index is 0.00619. The van der Waals surface area contributed by atoms with Crippen molar-refractivity contribution in [2.75, 3.05) is 47.5 Å². The third-order valence-corrected chi connectivity index (χ3v) is 9.94. The molecular weight excluding hydrogens is 713 g/mol. The van der Waals surface area contributed by atoms with Gasteiger partial charge in [0.05, 0.1) is 27.7 Å². The Kier molecular flexibility index (Phi) is 25.2. The third-order valence-electron chi connectivity index (χ3n) is 8.96. The topological polar surface area (TPSA) is 108 Å². The van der Waals surface area contributed by atoms with Crippen LogP contribution in [0.3, 0.4) is 0 Å². The highest BCUT2D eigenvalue weighted by Gasteiger charge is 2.27. The molecule has 55 heavy (non-hydrogen) atoms. The number of hydrogen-bond donors (Lipinski definition) is 1. The van der Waals surface area contributed by atoms with Crippen molar-refractivity contribution in [2.24, 2.45) is 0 Å². The second-order valence-electron chi connectivity index (χ2n) is 15.1. The molecule has 0 aliphatic rings. The number of esters is 2.